The average molecular weight is 292 g/mol. The molecule has 1 rings (SSSR count). The van der Waals surface area contributed by atoms with Gasteiger partial charge in [-0.05, 0) is 39.7 Å². The number of carbonyl (C=O) groups excluding carboxylic acids is 1. The van der Waals surface area contributed by atoms with E-state index in [0.717, 1.165) is 6.42 Å². The Morgan fingerprint density at radius 1 is 1.19 bits per heavy atom. The van der Waals surface area contributed by atoms with E-state index in [1.54, 1.807) is 0 Å². The van der Waals surface area contributed by atoms with Gasteiger partial charge in [-0.3, -0.25) is 0 Å². The van der Waals surface area contributed by atoms with Crippen molar-refractivity contribution in [3.8, 4) is 0 Å². The van der Waals surface area contributed by atoms with Gasteiger partial charge in [0.25, 0.3) is 0 Å². The predicted octanol–water partition coefficient (Wildman–Crippen LogP) is 3.56. The maximum absolute atomic E-state index is 11.5. The molecule has 1 aromatic carbocycles. The fourth-order valence-corrected chi connectivity index (χ4v) is 2.02. The maximum Gasteiger partial charge on any atom is 0.407 e. The largest absolute Gasteiger partial charge is 0.444 e. The molecule has 1 aromatic rings. The summed E-state index contributed by atoms with van der Waals surface area (Å²) in [6.45, 7) is 11.1. The lowest BCUT2D eigenvalue weighted by Crippen LogP contribution is -2.37. The standard InChI is InChI=1S/C17H28N2O2/c1-6-15(14-9-7-13(2)8-10-14)18-11-12-19-16(20)21-17(3,4)5/h7-10,15,18H,6,11-12H2,1-5H3,(H,19,20). The molecule has 0 aliphatic heterocycles. The lowest BCUT2D eigenvalue weighted by molar-refractivity contribution is 0.0528. The zero-order chi connectivity index (χ0) is 15.9. The molecule has 0 spiro atoms. The van der Waals surface area contributed by atoms with Gasteiger partial charge in [-0.15, -0.1) is 0 Å². The topological polar surface area (TPSA) is 50.4 Å². The molecule has 1 unspecified atom stereocenters. The monoisotopic (exact) mass is 292 g/mol. The first-order valence-corrected chi connectivity index (χ1v) is 7.58. The number of hydrogen-bond acceptors (Lipinski definition) is 3. The second kappa shape index (κ2) is 8.03. The third-order valence-electron chi connectivity index (χ3n) is 3.07. The Kier molecular flexibility index (Phi) is 6.69. The molecule has 0 bridgehead atoms. The molecule has 0 radical (unpaired) electrons. The summed E-state index contributed by atoms with van der Waals surface area (Å²) in [5, 5.41) is 6.21. The minimum Gasteiger partial charge on any atom is -0.444 e. The highest BCUT2D eigenvalue weighted by molar-refractivity contribution is 5.67. The lowest BCUT2D eigenvalue weighted by Gasteiger charge is -2.21. The minimum absolute atomic E-state index is 0.311. The first kappa shape index (κ1) is 17.5. The third-order valence-corrected chi connectivity index (χ3v) is 3.07. The van der Waals surface area contributed by atoms with E-state index in [-0.39, 0.29) is 6.09 Å². The second-order valence-electron chi connectivity index (χ2n) is 6.25. The van der Waals surface area contributed by atoms with Gasteiger partial charge in [0, 0.05) is 19.1 Å². The lowest BCUT2D eigenvalue weighted by atomic mass is 10.0. The molecule has 1 atom stereocenters. The summed E-state index contributed by atoms with van der Waals surface area (Å²) in [6.07, 6.45) is 0.642. The van der Waals surface area contributed by atoms with Crippen molar-refractivity contribution in [1.29, 1.82) is 0 Å². The number of benzene rings is 1. The molecule has 0 fully saturated rings. The van der Waals surface area contributed by atoms with Gasteiger partial charge in [0.05, 0.1) is 0 Å². The van der Waals surface area contributed by atoms with Crippen LogP contribution in [0.5, 0.6) is 0 Å². The molecule has 4 heteroatoms. The van der Waals surface area contributed by atoms with Crippen molar-refractivity contribution < 1.29 is 9.53 Å². The van der Waals surface area contributed by atoms with Crippen molar-refractivity contribution in [2.75, 3.05) is 13.1 Å². The number of alkyl carbamates (subject to hydrolysis) is 1. The van der Waals surface area contributed by atoms with Crippen LogP contribution in [0.3, 0.4) is 0 Å². The first-order chi connectivity index (χ1) is 9.81. The van der Waals surface area contributed by atoms with Crippen LogP contribution >= 0.6 is 0 Å². The number of rotatable bonds is 6. The van der Waals surface area contributed by atoms with Gasteiger partial charge in [-0.1, -0.05) is 36.8 Å². The van der Waals surface area contributed by atoms with E-state index in [4.69, 9.17) is 4.74 Å². The van der Waals surface area contributed by atoms with Gasteiger partial charge in [0.2, 0.25) is 0 Å². The minimum atomic E-state index is -0.453. The molecule has 21 heavy (non-hydrogen) atoms. The molecule has 0 saturated heterocycles. The fourth-order valence-electron chi connectivity index (χ4n) is 2.02. The van der Waals surface area contributed by atoms with E-state index in [0.29, 0.717) is 19.1 Å². The van der Waals surface area contributed by atoms with Crippen molar-refractivity contribution in [3.63, 3.8) is 0 Å². The highest BCUT2D eigenvalue weighted by atomic mass is 16.6. The Labute approximate surface area is 128 Å². The summed E-state index contributed by atoms with van der Waals surface area (Å²) >= 11 is 0. The number of ether oxygens (including phenoxy) is 1. The molecule has 0 aliphatic rings. The molecular formula is C17H28N2O2. The van der Waals surface area contributed by atoms with Gasteiger partial charge in [0.1, 0.15) is 5.60 Å². The van der Waals surface area contributed by atoms with Crippen LogP contribution in [0.25, 0.3) is 0 Å². The molecule has 0 aliphatic carbocycles. The highest BCUT2D eigenvalue weighted by Gasteiger charge is 2.15. The van der Waals surface area contributed by atoms with Crippen LogP contribution in [0, 0.1) is 6.92 Å². The smallest absolute Gasteiger partial charge is 0.407 e. The van der Waals surface area contributed by atoms with E-state index in [9.17, 15) is 4.79 Å². The summed E-state index contributed by atoms with van der Waals surface area (Å²) in [5.74, 6) is 0. The summed E-state index contributed by atoms with van der Waals surface area (Å²) in [4.78, 5) is 11.5. The van der Waals surface area contributed by atoms with E-state index < -0.39 is 5.60 Å². The number of hydrogen-bond donors (Lipinski definition) is 2. The summed E-state index contributed by atoms with van der Waals surface area (Å²) in [7, 11) is 0. The van der Waals surface area contributed by atoms with E-state index in [1.807, 2.05) is 20.8 Å². The molecule has 2 N–H and O–H groups in total. The van der Waals surface area contributed by atoms with Crippen LogP contribution in [-0.2, 0) is 4.74 Å². The summed E-state index contributed by atoms with van der Waals surface area (Å²) in [5.41, 5.74) is 2.09. The SMILES string of the molecule is CCC(NCCNC(=O)OC(C)(C)C)c1ccc(C)cc1. The predicted molar refractivity (Wildman–Crippen MR) is 86.5 cm³/mol. The van der Waals surface area contributed by atoms with Gasteiger partial charge >= 0.3 is 6.09 Å². The normalized spacial score (nSPS) is 12.8. The van der Waals surface area contributed by atoms with Crippen molar-refractivity contribution in [1.82, 2.24) is 10.6 Å². The second-order valence-corrected chi connectivity index (χ2v) is 6.25. The highest BCUT2D eigenvalue weighted by Crippen LogP contribution is 2.16. The van der Waals surface area contributed by atoms with Crippen LogP contribution in [-0.4, -0.2) is 24.8 Å². The molecule has 0 aromatic heterocycles. The van der Waals surface area contributed by atoms with Crippen LogP contribution in [0.15, 0.2) is 24.3 Å². The van der Waals surface area contributed by atoms with Crippen molar-refractivity contribution in [3.05, 3.63) is 35.4 Å². The summed E-state index contributed by atoms with van der Waals surface area (Å²) < 4.78 is 5.19. The van der Waals surface area contributed by atoms with Gasteiger partial charge in [-0.25, -0.2) is 4.79 Å². The van der Waals surface area contributed by atoms with Crippen molar-refractivity contribution >= 4 is 6.09 Å². The Morgan fingerprint density at radius 2 is 1.81 bits per heavy atom. The van der Waals surface area contributed by atoms with Gasteiger partial charge in [0.15, 0.2) is 0 Å². The van der Waals surface area contributed by atoms with Crippen LogP contribution in [0.2, 0.25) is 0 Å². The van der Waals surface area contributed by atoms with E-state index >= 15 is 0 Å². The number of carbonyl (C=O) groups is 1. The van der Waals surface area contributed by atoms with Crippen LogP contribution < -0.4 is 10.6 Å². The van der Waals surface area contributed by atoms with Crippen LogP contribution in [0.1, 0.15) is 51.3 Å². The molecule has 118 valence electrons. The zero-order valence-corrected chi connectivity index (χ0v) is 13.8. The molecule has 0 heterocycles. The zero-order valence-electron chi connectivity index (χ0n) is 13.8. The first-order valence-electron chi connectivity index (χ1n) is 7.58. The van der Waals surface area contributed by atoms with Crippen LogP contribution in [0.4, 0.5) is 4.79 Å². The number of amides is 1. The van der Waals surface area contributed by atoms with E-state index in [2.05, 4.69) is 48.7 Å². The Balaban J connectivity index is 2.33. The quantitative estimate of drug-likeness (QED) is 0.788. The molecule has 0 saturated carbocycles. The Bertz CT molecular complexity index is 435. The molecular weight excluding hydrogens is 264 g/mol. The van der Waals surface area contributed by atoms with Crippen molar-refractivity contribution in [2.24, 2.45) is 0 Å². The third kappa shape index (κ3) is 7.14. The average Bonchev–Trinajstić information content (AvgIpc) is 2.38. The van der Waals surface area contributed by atoms with Crippen molar-refractivity contribution in [2.45, 2.75) is 52.7 Å². The Morgan fingerprint density at radius 3 is 2.33 bits per heavy atom. The summed E-state index contributed by atoms with van der Waals surface area (Å²) in [6, 6.07) is 8.86. The fraction of sp³-hybridized carbons (Fsp3) is 0.588. The maximum atomic E-state index is 11.5. The van der Waals surface area contributed by atoms with Gasteiger partial charge < -0.3 is 15.4 Å². The number of aryl methyl sites for hydroxylation is 1. The molecule has 1 amide bonds. The molecule has 4 nitrogen and oxygen atoms in total. The van der Waals surface area contributed by atoms with Gasteiger partial charge in [-0.2, -0.15) is 0 Å². The Hall–Kier alpha value is -1.55. The number of nitrogens with one attached hydrogen (secondary N) is 2. The van der Waals surface area contributed by atoms with E-state index in [1.165, 1.54) is 11.1 Å².